The van der Waals surface area contributed by atoms with Gasteiger partial charge in [-0.2, -0.15) is 0 Å². The third kappa shape index (κ3) is 3.18. The molecule has 0 aliphatic carbocycles. The Hall–Kier alpha value is -1.85. The van der Waals surface area contributed by atoms with Crippen LogP contribution in [-0.2, 0) is 6.54 Å². The lowest BCUT2D eigenvalue weighted by atomic mass is 10.2. The van der Waals surface area contributed by atoms with E-state index < -0.39 is 0 Å². The lowest BCUT2D eigenvalue weighted by Crippen LogP contribution is -2.43. The van der Waals surface area contributed by atoms with E-state index in [-0.39, 0.29) is 0 Å². The van der Waals surface area contributed by atoms with Gasteiger partial charge in [-0.25, -0.2) is 9.97 Å². The van der Waals surface area contributed by atoms with Gasteiger partial charge in [0.25, 0.3) is 0 Å². The fourth-order valence-corrected chi connectivity index (χ4v) is 2.44. The summed E-state index contributed by atoms with van der Waals surface area (Å²) in [5.74, 6) is 0.902. The molecule has 1 N–H and O–H groups in total. The van der Waals surface area contributed by atoms with Gasteiger partial charge in [-0.15, -0.1) is 0 Å². The molecule has 0 saturated carbocycles. The molecule has 0 atom stereocenters. The van der Waals surface area contributed by atoms with Crippen molar-refractivity contribution in [3.63, 3.8) is 0 Å². The zero-order valence-corrected chi connectivity index (χ0v) is 11.7. The van der Waals surface area contributed by atoms with Crippen molar-refractivity contribution in [2.75, 3.05) is 26.2 Å². The van der Waals surface area contributed by atoms with Gasteiger partial charge in [-0.1, -0.05) is 0 Å². The van der Waals surface area contributed by atoms with E-state index in [4.69, 9.17) is 4.98 Å². The number of aryl methyl sites for hydroxylation is 1. The maximum atomic E-state index is 4.70. The highest BCUT2D eigenvalue weighted by Gasteiger charge is 2.12. The summed E-state index contributed by atoms with van der Waals surface area (Å²) >= 11 is 0. The molecule has 1 aliphatic heterocycles. The van der Waals surface area contributed by atoms with Crippen LogP contribution in [0.3, 0.4) is 0 Å². The van der Waals surface area contributed by atoms with Gasteiger partial charge in [0.15, 0.2) is 0 Å². The normalized spacial score (nSPS) is 16.2. The molecular weight excluding hydrogens is 250 g/mol. The fraction of sp³-hybridized carbons (Fsp3) is 0.400. The Morgan fingerprint density at radius 1 is 1.15 bits per heavy atom. The first-order chi connectivity index (χ1) is 9.81. The highest BCUT2D eigenvalue weighted by molar-refractivity contribution is 5.58. The average molecular weight is 269 g/mol. The van der Waals surface area contributed by atoms with Crippen LogP contribution in [0.5, 0.6) is 0 Å². The molecule has 3 heterocycles. The van der Waals surface area contributed by atoms with Crippen LogP contribution in [-0.4, -0.2) is 46.0 Å². The number of rotatable bonds is 3. The number of hydrogen-bond acceptors (Lipinski definition) is 5. The summed E-state index contributed by atoms with van der Waals surface area (Å²) in [6.07, 6.45) is 3.59. The zero-order valence-electron chi connectivity index (χ0n) is 11.7. The van der Waals surface area contributed by atoms with Crippen LogP contribution in [0.25, 0.3) is 11.3 Å². The minimum absolute atomic E-state index is 0.821. The maximum absolute atomic E-state index is 4.70. The number of aromatic nitrogens is 3. The Labute approximate surface area is 119 Å². The Bertz CT molecular complexity index is 564. The predicted octanol–water partition coefficient (Wildman–Crippen LogP) is 1.25. The first-order valence-corrected chi connectivity index (χ1v) is 6.99. The molecule has 0 spiro atoms. The van der Waals surface area contributed by atoms with E-state index in [0.29, 0.717) is 0 Å². The Kier molecular flexibility index (Phi) is 3.99. The lowest BCUT2D eigenvalue weighted by molar-refractivity contribution is 0.228. The first-order valence-electron chi connectivity index (χ1n) is 6.99. The van der Waals surface area contributed by atoms with E-state index >= 15 is 0 Å². The molecule has 0 aromatic carbocycles. The molecular formula is C15H19N5. The van der Waals surface area contributed by atoms with Crippen LogP contribution in [0.4, 0.5) is 0 Å². The minimum atomic E-state index is 0.821. The molecule has 20 heavy (non-hydrogen) atoms. The molecule has 5 heteroatoms. The zero-order chi connectivity index (χ0) is 13.8. The standard InChI is InChI=1S/C15H19N5/c1-12-10-14(13-2-4-16-5-3-13)19-15(18-12)11-20-8-6-17-7-9-20/h2-5,10,17H,6-9,11H2,1H3. The van der Waals surface area contributed by atoms with E-state index in [9.17, 15) is 0 Å². The second-order valence-corrected chi connectivity index (χ2v) is 5.07. The van der Waals surface area contributed by atoms with Crippen molar-refractivity contribution < 1.29 is 0 Å². The molecule has 0 amide bonds. The highest BCUT2D eigenvalue weighted by Crippen LogP contribution is 2.17. The summed E-state index contributed by atoms with van der Waals surface area (Å²) in [4.78, 5) is 15.7. The number of nitrogens with one attached hydrogen (secondary N) is 1. The van der Waals surface area contributed by atoms with Crippen LogP contribution in [0.15, 0.2) is 30.6 Å². The summed E-state index contributed by atoms with van der Waals surface area (Å²) < 4.78 is 0. The van der Waals surface area contributed by atoms with E-state index in [1.807, 2.05) is 25.1 Å². The molecule has 2 aromatic rings. The third-order valence-electron chi connectivity index (χ3n) is 3.45. The number of pyridine rings is 1. The molecule has 1 fully saturated rings. The molecule has 3 rings (SSSR count). The van der Waals surface area contributed by atoms with Crippen molar-refractivity contribution in [1.82, 2.24) is 25.2 Å². The van der Waals surface area contributed by atoms with Crippen LogP contribution in [0, 0.1) is 6.92 Å². The van der Waals surface area contributed by atoms with Crippen LogP contribution >= 0.6 is 0 Å². The third-order valence-corrected chi connectivity index (χ3v) is 3.45. The molecule has 0 radical (unpaired) electrons. The molecule has 0 bridgehead atoms. The van der Waals surface area contributed by atoms with Gasteiger partial charge in [0.05, 0.1) is 12.2 Å². The molecule has 5 nitrogen and oxygen atoms in total. The van der Waals surface area contributed by atoms with Crippen molar-refractivity contribution >= 4 is 0 Å². The number of piperazine rings is 1. The molecule has 1 saturated heterocycles. The second kappa shape index (κ2) is 6.07. The quantitative estimate of drug-likeness (QED) is 0.909. The first kappa shape index (κ1) is 13.1. The monoisotopic (exact) mass is 269 g/mol. The Morgan fingerprint density at radius 2 is 1.90 bits per heavy atom. The van der Waals surface area contributed by atoms with Crippen molar-refractivity contribution in [1.29, 1.82) is 0 Å². The summed E-state index contributed by atoms with van der Waals surface area (Å²) in [6.45, 7) is 7.05. The topological polar surface area (TPSA) is 53.9 Å². The number of nitrogens with zero attached hydrogens (tertiary/aromatic N) is 4. The fourth-order valence-electron chi connectivity index (χ4n) is 2.44. The van der Waals surface area contributed by atoms with E-state index in [1.165, 1.54) is 0 Å². The summed E-state index contributed by atoms with van der Waals surface area (Å²) in [5, 5.41) is 3.36. The molecule has 0 unspecified atom stereocenters. The second-order valence-electron chi connectivity index (χ2n) is 5.07. The van der Waals surface area contributed by atoms with Gasteiger partial charge in [0, 0.05) is 49.8 Å². The van der Waals surface area contributed by atoms with Crippen LogP contribution in [0.1, 0.15) is 11.5 Å². The lowest BCUT2D eigenvalue weighted by Gasteiger charge is -2.26. The summed E-state index contributed by atoms with van der Waals surface area (Å²) in [7, 11) is 0. The van der Waals surface area contributed by atoms with Crippen molar-refractivity contribution in [2.45, 2.75) is 13.5 Å². The van der Waals surface area contributed by atoms with Gasteiger partial charge < -0.3 is 5.32 Å². The van der Waals surface area contributed by atoms with Gasteiger partial charge in [-0.05, 0) is 25.1 Å². The molecule has 1 aliphatic rings. The number of hydrogen-bond donors (Lipinski definition) is 1. The largest absolute Gasteiger partial charge is 0.314 e. The smallest absolute Gasteiger partial charge is 0.143 e. The van der Waals surface area contributed by atoms with Crippen LogP contribution in [0.2, 0.25) is 0 Å². The Balaban J connectivity index is 1.83. The summed E-state index contributed by atoms with van der Waals surface area (Å²) in [5.41, 5.74) is 3.08. The maximum Gasteiger partial charge on any atom is 0.143 e. The van der Waals surface area contributed by atoms with Gasteiger partial charge in [-0.3, -0.25) is 9.88 Å². The molecule has 104 valence electrons. The van der Waals surface area contributed by atoms with Crippen molar-refractivity contribution in [2.24, 2.45) is 0 Å². The van der Waals surface area contributed by atoms with Gasteiger partial charge in [0.2, 0.25) is 0 Å². The van der Waals surface area contributed by atoms with E-state index in [0.717, 1.165) is 55.5 Å². The molecule has 2 aromatic heterocycles. The van der Waals surface area contributed by atoms with Gasteiger partial charge >= 0.3 is 0 Å². The minimum Gasteiger partial charge on any atom is -0.314 e. The average Bonchev–Trinajstić information content (AvgIpc) is 2.49. The van der Waals surface area contributed by atoms with E-state index in [1.54, 1.807) is 12.4 Å². The Morgan fingerprint density at radius 3 is 2.65 bits per heavy atom. The van der Waals surface area contributed by atoms with Gasteiger partial charge in [0.1, 0.15) is 5.82 Å². The highest BCUT2D eigenvalue weighted by atomic mass is 15.2. The summed E-state index contributed by atoms with van der Waals surface area (Å²) in [6, 6.07) is 5.99. The van der Waals surface area contributed by atoms with Crippen molar-refractivity contribution in [3.05, 3.63) is 42.1 Å². The van der Waals surface area contributed by atoms with Crippen LogP contribution < -0.4 is 5.32 Å². The SMILES string of the molecule is Cc1cc(-c2ccncc2)nc(CN2CCNCC2)n1. The predicted molar refractivity (Wildman–Crippen MR) is 78.1 cm³/mol. The van der Waals surface area contributed by atoms with E-state index in [2.05, 4.69) is 20.2 Å². The van der Waals surface area contributed by atoms with Crippen molar-refractivity contribution in [3.8, 4) is 11.3 Å².